The van der Waals surface area contributed by atoms with Crippen molar-refractivity contribution < 1.29 is 4.42 Å². The molecule has 0 spiro atoms. The average molecular weight is 451 g/mol. The lowest BCUT2D eigenvalue weighted by molar-refractivity contribution is 0.218. The first-order valence-electron chi connectivity index (χ1n) is 10.4. The van der Waals surface area contributed by atoms with E-state index in [4.69, 9.17) is 4.42 Å². The van der Waals surface area contributed by atoms with E-state index in [0.717, 1.165) is 41.2 Å². The summed E-state index contributed by atoms with van der Waals surface area (Å²) in [5.74, 6) is 1.29. The number of aryl methyl sites for hydroxylation is 2. The molecule has 1 aliphatic carbocycles. The first-order valence-corrected chi connectivity index (χ1v) is 12.0. The molecule has 0 amide bonds. The maximum Gasteiger partial charge on any atom is 0.195 e. The van der Waals surface area contributed by atoms with Crippen LogP contribution in [-0.4, -0.2) is 16.2 Å². The van der Waals surface area contributed by atoms with Crippen molar-refractivity contribution >= 4 is 34.3 Å². The Morgan fingerprint density at radius 2 is 2.00 bits per heavy atom. The standard InChI is InChI=1S/C24H26N4OS2/c1-14-10-15(2)28-23(27-14)31-21-9-7-17(29-21)13-26-22-19(12-25)18-8-6-16(24(3,4)5)11-20(18)30-22/h7,9-10,13,16H,6,8,11H2,1-5H3/t16-/m0/s1. The Morgan fingerprint density at radius 3 is 2.68 bits per heavy atom. The van der Waals surface area contributed by atoms with Gasteiger partial charge in [-0.3, -0.25) is 0 Å². The van der Waals surface area contributed by atoms with Crippen LogP contribution in [0.5, 0.6) is 0 Å². The average Bonchev–Trinajstić information content (AvgIpc) is 3.27. The second-order valence-electron chi connectivity index (χ2n) is 9.05. The second-order valence-corrected chi connectivity index (χ2v) is 11.1. The Morgan fingerprint density at radius 1 is 1.26 bits per heavy atom. The number of aromatic nitrogens is 2. The highest BCUT2D eigenvalue weighted by Crippen LogP contribution is 2.44. The summed E-state index contributed by atoms with van der Waals surface area (Å²) in [6.45, 7) is 10.8. The van der Waals surface area contributed by atoms with E-state index in [1.807, 2.05) is 32.0 Å². The van der Waals surface area contributed by atoms with Crippen LogP contribution in [0.4, 0.5) is 5.00 Å². The van der Waals surface area contributed by atoms with Crippen LogP contribution < -0.4 is 0 Å². The Bertz CT molecular complexity index is 1160. The molecule has 0 aromatic carbocycles. The minimum atomic E-state index is 0.277. The lowest BCUT2D eigenvalue weighted by Gasteiger charge is -2.33. The molecule has 3 aromatic heterocycles. The van der Waals surface area contributed by atoms with Crippen LogP contribution in [0.15, 0.2) is 37.9 Å². The summed E-state index contributed by atoms with van der Waals surface area (Å²) >= 11 is 3.04. The molecule has 0 aliphatic heterocycles. The Balaban J connectivity index is 1.52. The van der Waals surface area contributed by atoms with Gasteiger partial charge in [0, 0.05) is 16.3 Å². The van der Waals surface area contributed by atoms with E-state index in [2.05, 4.69) is 41.8 Å². The number of thiophene rings is 1. The zero-order valence-corrected chi connectivity index (χ0v) is 20.2. The number of nitrogens with zero attached hydrogens (tertiary/aromatic N) is 4. The van der Waals surface area contributed by atoms with Gasteiger partial charge in [-0.1, -0.05) is 20.8 Å². The Labute approximate surface area is 191 Å². The lowest BCUT2D eigenvalue weighted by Crippen LogP contribution is -2.26. The molecule has 0 saturated carbocycles. The van der Waals surface area contributed by atoms with Gasteiger partial charge >= 0.3 is 0 Å². The minimum absolute atomic E-state index is 0.277. The number of hydrogen-bond donors (Lipinski definition) is 0. The fourth-order valence-corrected chi connectivity index (χ4v) is 5.98. The predicted molar refractivity (Wildman–Crippen MR) is 126 cm³/mol. The van der Waals surface area contributed by atoms with E-state index in [9.17, 15) is 5.26 Å². The van der Waals surface area contributed by atoms with Gasteiger partial charge < -0.3 is 4.42 Å². The summed E-state index contributed by atoms with van der Waals surface area (Å²) in [5, 5.41) is 11.9. The monoisotopic (exact) mass is 450 g/mol. The molecule has 0 N–H and O–H groups in total. The summed E-state index contributed by atoms with van der Waals surface area (Å²) < 4.78 is 5.88. The van der Waals surface area contributed by atoms with Crippen LogP contribution in [-0.2, 0) is 12.8 Å². The summed E-state index contributed by atoms with van der Waals surface area (Å²) in [7, 11) is 0. The van der Waals surface area contributed by atoms with Crippen LogP contribution in [0.3, 0.4) is 0 Å². The summed E-state index contributed by atoms with van der Waals surface area (Å²) in [6.07, 6.45) is 4.82. The number of fused-ring (bicyclic) bond motifs is 1. The zero-order valence-electron chi connectivity index (χ0n) is 18.5. The van der Waals surface area contributed by atoms with E-state index in [1.54, 1.807) is 17.6 Å². The largest absolute Gasteiger partial charge is 0.448 e. The van der Waals surface area contributed by atoms with Gasteiger partial charge in [-0.05, 0) is 80.0 Å². The van der Waals surface area contributed by atoms with Crippen molar-refractivity contribution in [3.63, 3.8) is 0 Å². The first-order chi connectivity index (χ1) is 14.7. The van der Waals surface area contributed by atoms with Crippen molar-refractivity contribution in [1.82, 2.24) is 9.97 Å². The van der Waals surface area contributed by atoms with Crippen molar-refractivity contribution in [2.24, 2.45) is 16.3 Å². The van der Waals surface area contributed by atoms with Crippen molar-refractivity contribution in [3.05, 3.63) is 51.4 Å². The molecule has 5 nitrogen and oxygen atoms in total. The third kappa shape index (κ3) is 4.91. The highest BCUT2D eigenvalue weighted by atomic mass is 32.2. The Hall–Kier alpha value is -2.43. The molecule has 0 fully saturated rings. The Kier molecular flexibility index (Phi) is 6.05. The summed E-state index contributed by atoms with van der Waals surface area (Å²) in [6, 6.07) is 8.11. The number of hydrogen-bond acceptors (Lipinski definition) is 7. The van der Waals surface area contributed by atoms with Gasteiger partial charge in [-0.15, -0.1) is 11.3 Å². The van der Waals surface area contributed by atoms with Crippen molar-refractivity contribution in [2.45, 2.75) is 64.1 Å². The third-order valence-electron chi connectivity index (χ3n) is 5.65. The summed E-state index contributed by atoms with van der Waals surface area (Å²) in [4.78, 5) is 14.8. The van der Waals surface area contributed by atoms with Crippen LogP contribution in [0.2, 0.25) is 0 Å². The van der Waals surface area contributed by atoms with E-state index in [-0.39, 0.29) is 5.41 Å². The first kappa shape index (κ1) is 21.8. The fourth-order valence-electron chi connectivity index (χ4n) is 3.93. The van der Waals surface area contributed by atoms with E-state index >= 15 is 0 Å². The number of rotatable bonds is 4. The van der Waals surface area contributed by atoms with Gasteiger partial charge in [0.05, 0.1) is 11.8 Å². The SMILES string of the molecule is Cc1cc(C)nc(Sc2ccc(C=Nc3sc4c(c3C#N)CC[C@H](C(C)(C)C)C4)o2)n1. The van der Waals surface area contributed by atoms with Crippen LogP contribution in [0.25, 0.3) is 0 Å². The molecule has 0 unspecified atom stereocenters. The molecular weight excluding hydrogens is 424 g/mol. The quantitative estimate of drug-likeness (QED) is 0.328. The predicted octanol–water partition coefficient (Wildman–Crippen LogP) is 6.67. The number of furan rings is 1. The molecule has 0 bridgehead atoms. The van der Waals surface area contributed by atoms with Gasteiger partial charge in [0.15, 0.2) is 10.2 Å². The molecule has 4 rings (SSSR count). The molecule has 3 aromatic rings. The van der Waals surface area contributed by atoms with Gasteiger partial charge in [-0.25, -0.2) is 15.0 Å². The normalized spacial score (nSPS) is 16.5. The van der Waals surface area contributed by atoms with Crippen molar-refractivity contribution in [1.29, 1.82) is 5.26 Å². The smallest absolute Gasteiger partial charge is 0.195 e. The number of nitriles is 1. The molecule has 3 heterocycles. The highest BCUT2D eigenvalue weighted by Gasteiger charge is 2.32. The van der Waals surface area contributed by atoms with E-state index < -0.39 is 0 Å². The third-order valence-corrected chi connectivity index (χ3v) is 7.60. The highest BCUT2D eigenvalue weighted by molar-refractivity contribution is 7.99. The van der Waals surface area contributed by atoms with Gasteiger partial charge in [0.1, 0.15) is 16.8 Å². The van der Waals surface area contributed by atoms with Gasteiger partial charge in [-0.2, -0.15) is 5.26 Å². The molecule has 1 atom stereocenters. The van der Waals surface area contributed by atoms with Crippen molar-refractivity contribution in [3.8, 4) is 6.07 Å². The molecule has 1 aliphatic rings. The zero-order chi connectivity index (χ0) is 22.2. The summed E-state index contributed by atoms with van der Waals surface area (Å²) in [5.41, 5.74) is 4.07. The maximum atomic E-state index is 9.74. The molecule has 160 valence electrons. The molecular formula is C24H26N4OS2. The van der Waals surface area contributed by atoms with Gasteiger partial charge in [0.2, 0.25) is 0 Å². The topological polar surface area (TPSA) is 75.1 Å². The van der Waals surface area contributed by atoms with E-state index in [0.29, 0.717) is 21.9 Å². The van der Waals surface area contributed by atoms with Crippen LogP contribution in [0, 0.1) is 36.5 Å². The lowest BCUT2D eigenvalue weighted by atomic mass is 9.72. The minimum Gasteiger partial charge on any atom is -0.448 e. The number of aliphatic imine (C=N–C) groups is 1. The molecule has 31 heavy (non-hydrogen) atoms. The van der Waals surface area contributed by atoms with E-state index in [1.165, 1.54) is 22.2 Å². The van der Waals surface area contributed by atoms with Gasteiger partial charge in [0.25, 0.3) is 0 Å². The van der Waals surface area contributed by atoms with Crippen LogP contribution in [0.1, 0.15) is 60.3 Å². The molecule has 0 radical (unpaired) electrons. The molecule has 7 heteroatoms. The maximum absolute atomic E-state index is 9.74. The van der Waals surface area contributed by atoms with Crippen LogP contribution >= 0.6 is 23.1 Å². The van der Waals surface area contributed by atoms with Crippen molar-refractivity contribution in [2.75, 3.05) is 0 Å². The second kappa shape index (κ2) is 8.60. The molecule has 0 saturated heterocycles. The fraction of sp³-hybridized carbons (Fsp3) is 0.417.